The summed E-state index contributed by atoms with van der Waals surface area (Å²) in [5.41, 5.74) is 4.86. The molecule has 0 bridgehead atoms. The first kappa shape index (κ1) is 12.7. The molecule has 0 aliphatic rings. The maximum absolute atomic E-state index is 10.8. The van der Waals surface area contributed by atoms with E-state index in [4.69, 9.17) is 10.8 Å². The molecule has 1 aromatic rings. The van der Waals surface area contributed by atoms with Crippen molar-refractivity contribution >= 4 is 11.7 Å². The van der Waals surface area contributed by atoms with Gasteiger partial charge in [0.2, 0.25) is 0 Å². The third-order valence-electron chi connectivity index (χ3n) is 1.93. The second-order valence-corrected chi connectivity index (χ2v) is 3.13. The number of aromatic carboxylic acids is 1. The van der Waals surface area contributed by atoms with Crippen LogP contribution in [0.1, 0.15) is 22.3 Å². The van der Waals surface area contributed by atoms with Crippen LogP contribution in [0.15, 0.2) is 18.2 Å². The van der Waals surface area contributed by atoms with Crippen LogP contribution >= 0.6 is 0 Å². The zero-order valence-corrected chi connectivity index (χ0v) is 8.84. The summed E-state index contributed by atoms with van der Waals surface area (Å²) in [6, 6.07) is 3.73. The monoisotopic (exact) mass is 234 g/mol. The number of nitro benzene ring substituents is 1. The smallest absolute Gasteiger partial charge is 0.342 e. The van der Waals surface area contributed by atoms with Gasteiger partial charge in [-0.2, -0.15) is 0 Å². The van der Waals surface area contributed by atoms with Gasteiger partial charge in [0.25, 0.3) is 5.69 Å². The quantitative estimate of drug-likeness (QED) is 0.460. The van der Waals surface area contributed by atoms with Crippen LogP contribution in [-0.4, -0.2) is 22.5 Å². The van der Waals surface area contributed by atoms with Crippen molar-refractivity contribution in [2.24, 2.45) is 5.73 Å². The van der Waals surface area contributed by atoms with Gasteiger partial charge in [0, 0.05) is 24.6 Å². The Labute approximate surface area is 97.2 Å². The van der Waals surface area contributed by atoms with E-state index < -0.39 is 16.6 Å². The standard InChI is InChI=1S/C11H10N2O4/c12-6-2-1-3-8-4-5-10(13(16)17)9(7-8)11(14)15/h4-5,7H,2,6,12H2,(H,14,15). The van der Waals surface area contributed by atoms with Crippen LogP contribution in [0, 0.1) is 22.0 Å². The van der Waals surface area contributed by atoms with E-state index in [2.05, 4.69) is 11.8 Å². The summed E-state index contributed by atoms with van der Waals surface area (Å²) in [5, 5.41) is 19.4. The molecular formula is C11H10N2O4. The minimum absolute atomic E-state index is 0.366. The van der Waals surface area contributed by atoms with Gasteiger partial charge in [0.1, 0.15) is 5.56 Å². The van der Waals surface area contributed by atoms with Crippen LogP contribution in [0.5, 0.6) is 0 Å². The van der Waals surface area contributed by atoms with Crippen molar-refractivity contribution in [1.82, 2.24) is 0 Å². The zero-order chi connectivity index (χ0) is 12.8. The van der Waals surface area contributed by atoms with Crippen molar-refractivity contribution in [2.45, 2.75) is 6.42 Å². The molecule has 0 saturated heterocycles. The molecule has 0 atom stereocenters. The number of carboxylic acids is 1. The molecule has 1 rings (SSSR count). The highest BCUT2D eigenvalue weighted by molar-refractivity contribution is 5.92. The second kappa shape index (κ2) is 5.63. The minimum Gasteiger partial charge on any atom is -0.477 e. The van der Waals surface area contributed by atoms with Gasteiger partial charge in [-0.15, -0.1) is 0 Å². The first-order chi connectivity index (χ1) is 8.06. The number of benzene rings is 1. The van der Waals surface area contributed by atoms with E-state index in [1.807, 2.05) is 0 Å². The van der Waals surface area contributed by atoms with Gasteiger partial charge in [0.15, 0.2) is 0 Å². The maximum atomic E-state index is 10.8. The molecule has 0 aliphatic carbocycles. The van der Waals surface area contributed by atoms with E-state index in [0.29, 0.717) is 18.5 Å². The number of nitrogens with zero attached hydrogens (tertiary/aromatic N) is 1. The van der Waals surface area contributed by atoms with Crippen LogP contribution in [0.4, 0.5) is 5.69 Å². The van der Waals surface area contributed by atoms with E-state index in [0.717, 1.165) is 6.07 Å². The molecule has 0 heterocycles. The predicted molar refractivity (Wildman–Crippen MR) is 60.6 cm³/mol. The third-order valence-corrected chi connectivity index (χ3v) is 1.93. The van der Waals surface area contributed by atoms with Crippen LogP contribution in [0.25, 0.3) is 0 Å². The fourth-order valence-corrected chi connectivity index (χ4v) is 1.18. The van der Waals surface area contributed by atoms with Gasteiger partial charge >= 0.3 is 5.97 Å². The molecule has 0 spiro atoms. The number of carbonyl (C=O) groups is 1. The van der Waals surface area contributed by atoms with E-state index in [9.17, 15) is 14.9 Å². The predicted octanol–water partition coefficient (Wildman–Crippen LogP) is 0.993. The highest BCUT2D eigenvalue weighted by atomic mass is 16.6. The molecule has 0 fully saturated rings. The molecule has 0 aliphatic heterocycles. The van der Waals surface area contributed by atoms with Gasteiger partial charge in [-0.3, -0.25) is 10.1 Å². The van der Waals surface area contributed by atoms with Gasteiger partial charge < -0.3 is 10.8 Å². The highest BCUT2D eigenvalue weighted by Crippen LogP contribution is 2.19. The average molecular weight is 234 g/mol. The number of rotatable bonds is 3. The summed E-state index contributed by atoms with van der Waals surface area (Å²) in [4.78, 5) is 20.7. The van der Waals surface area contributed by atoms with Gasteiger partial charge in [0.05, 0.1) is 4.92 Å². The molecule has 0 aromatic heterocycles. The molecule has 0 radical (unpaired) electrons. The number of hydrogen-bond donors (Lipinski definition) is 2. The van der Waals surface area contributed by atoms with Crippen molar-refractivity contribution in [3.63, 3.8) is 0 Å². The Morgan fingerprint density at radius 1 is 1.53 bits per heavy atom. The Kier molecular flexibility index (Phi) is 4.20. The Morgan fingerprint density at radius 3 is 2.76 bits per heavy atom. The summed E-state index contributed by atoms with van der Waals surface area (Å²) < 4.78 is 0. The molecule has 17 heavy (non-hydrogen) atoms. The van der Waals surface area contributed by atoms with Crippen LogP contribution in [0.2, 0.25) is 0 Å². The molecule has 0 amide bonds. The number of nitrogens with two attached hydrogens (primary N) is 1. The second-order valence-electron chi connectivity index (χ2n) is 3.13. The molecule has 0 saturated carbocycles. The summed E-state index contributed by atoms with van der Waals surface area (Å²) in [5.74, 6) is 4.07. The molecule has 0 unspecified atom stereocenters. The molecule has 3 N–H and O–H groups in total. The summed E-state index contributed by atoms with van der Waals surface area (Å²) in [6.07, 6.45) is 0.486. The molecule has 88 valence electrons. The van der Waals surface area contributed by atoms with Crippen molar-refractivity contribution in [2.75, 3.05) is 6.54 Å². The lowest BCUT2D eigenvalue weighted by atomic mass is 10.1. The summed E-state index contributed by atoms with van der Waals surface area (Å²) in [6.45, 7) is 0.409. The lowest BCUT2D eigenvalue weighted by Crippen LogP contribution is -2.03. The normalized spacial score (nSPS) is 9.24. The van der Waals surface area contributed by atoms with Gasteiger partial charge in [-0.1, -0.05) is 11.8 Å². The van der Waals surface area contributed by atoms with Crippen molar-refractivity contribution in [1.29, 1.82) is 0 Å². The molecular weight excluding hydrogens is 224 g/mol. The lowest BCUT2D eigenvalue weighted by Gasteiger charge is -1.98. The first-order valence-corrected chi connectivity index (χ1v) is 4.77. The molecule has 1 aromatic carbocycles. The fraction of sp³-hybridized carbons (Fsp3) is 0.182. The van der Waals surface area contributed by atoms with Crippen LogP contribution < -0.4 is 5.73 Å². The number of hydrogen-bond acceptors (Lipinski definition) is 4. The summed E-state index contributed by atoms with van der Waals surface area (Å²) in [7, 11) is 0. The average Bonchev–Trinajstić information content (AvgIpc) is 2.29. The van der Waals surface area contributed by atoms with Gasteiger partial charge in [-0.05, 0) is 12.1 Å². The van der Waals surface area contributed by atoms with Gasteiger partial charge in [-0.25, -0.2) is 4.79 Å². The first-order valence-electron chi connectivity index (χ1n) is 4.77. The minimum atomic E-state index is -1.35. The third kappa shape index (κ3) is 3.29. The Bertz CT molecular complexity index is 514. The number of carboxylic acid groups (broad SMARTS) is 1. The number of nitro groups is 1. The lowest BCUT2D eigenvalue weighted by molar-refractivity contribution is -0.385. The van der Waals surface area contributed by atoms with Crippen molar-refractivity contribution in [3.05, 3.63) is 39.4 Å². The summed E-state index contributed by atoms with van der Waals surface area (Å²) >= 11 is 0. The van der Waals surface area contributed by atoms with Crippen molar-refractivity contribution in [3.8, 4) is 11.8 Å². The largest absolute Gasteiger partial charge is 0.477 e. The van der Waals surface area contributed by atoms with Crippen LogP contribution in [0.3, 0.4) is 0 Å². The topological polar surface area (TPSA) is 106 Å². The zero-order valence-electron chi connectivity index (χ0n) is 8.84. The molecule has 6 nitrogen and oxygen atoms in total. The molecule has 6 heteroatoms. The SMILES string of the molecule is NCCC#Cc1ccc([N+](=O)[O-])c(C(=O)O)c1. The van der Waals surface area contributed by atoms with E-state index >= 15 is 0 Å². The fourth-order valence-electron chi connectivity index (χ4n) is 1.18. The van der Waals surface area contributed by atoms with Crippen molar-refractivity contribution < 1.29 is 14.8 Å². The highest BCUT2D eigenvalue weighted by Gasteiger charge is 2.19. The van der Waals surface area contributed by atoms with Crippen LogP contribution in [-0.2, 0) is 0 Å². The maximum Gasteiger partial charge on any atom is 0.342 e. The van der Waals surface area contributed by atoms with E-state index in [-0.39, 0.29) is 5.56 Å². The Hall–Kier alpha value is -2.39. The van der Waals surface area contributed by atoms with E-state index in [1.165, 1.54) is 12.1 Å². The Morgan fingerprint density at radius 2 is 2.24 bits per heavy atom. The van der Waals surface area contributed by atoms with E-state index in [1.54, 1.807) is 0 Å². The Balaban J connectivity index is 3.16.